The summed E-state index contributed by atoms with van der Waals surface area (Å²) < 4.78 is 0. The number of nitrogens with zero attached hydrogens (tertiary/aromatic N) is 5. The van der Waals surface area contributed by atoms with E-state index in [1.807, 2.05) is 30.5 Å². The van der Waals surface area contributed by atoms with Gasteiger partial charge >= 0.3 is 0 Å². The summed E-state index contributed by atoms with van der Waals surface area (Å²) in [6.07, 6.45) is 9.40. The molecule has 4 heterocycles. The van der Waals surface area contributed by atoms with Crippen LogP contribution in [0.5, 0.6) is 0 Å². The lowest BCUT2D eigenvalue weighted by atomic mass is 10.1. The van der Waals surface area contributed by atoms with Gasteiger partial charge in [-0.3, -0.25) is 0 Å². The van der Waals surface area contributed by atoms with Crippen LogP contribution in [0.4, 0.5) is 17.6 Å². The van der Waals surface area contributed by atoms with Gasteiger partial charge in [0, 0.05) is 31.3 Å². The van der Waals surface area contributed by atoms with E-state index >= 15 is 0 Å². The maximum absolute atomic E-state index is 4.40. The quantitative estimate of drug-likeness (QED) is 0.795. The van der Waals surface area contributed by atoms with E-state index in [0.717, 1.165) is 37.0 Å². The zero-order chi connectivity index (χ0) is 16.2. The minimum atomic E-state index is 0.277. The van der Waals surface area contributed by atoms with Crippen LogP contribution in [0, 0.1) is 0 Å². The van der Waals surface area contributed by atoms with Crippen molar-refractivity contribution >= 4 is 17.6 Å². The highest BCUT2D eigenvalue weighted by molar-refractivity contribution is 5.53. The van der Waals surface area contributed by atoms with Gasteiger partial charge < -0.3 is 10.2 Å². The molecule has 0 spiro atoms. The number of anilines is 3. The maximum atomic E-state index is 4.40. The first-order valence-corrected chi connectivity index (χ1v) is 8.08. The van der Waals surface area contributed by atoms with Crippen molar-refractivity contribution in [2.75, 3.05) is 16.8 Å². The Kier molecular flexibility index (Phi) is 4.02. The van der Waals surface area contributed by atoms with Crippen molar-refractivity contribution < 1.29 is 0 Å². The van der Waals surface area contributed by atoms with E-state index < -0.39 is 0 Å². The van der Waals surface area contributed by atoms with Gasteiger partial charge in [0.1, 0.15) is 11.6 Å². The molecular formula is C18H18N6. The van der Waals surface area contributed by atoms with E-state index in [1.54, 1.807) is 18.6 Å². The van der Waals surface area contributed by atoms with Crippen LogP contribution in [-0.2, 0) is 0 Å². The molecule has 0 saturated carbocycles. The lowest BCUT2D eigenvalue weighted by Gasteiger charge is -2.25. The summed E-state index contributed by atoms with van der Waals surface area (Å²) in [6.45, 7) is 0.972. The van der Waals surface area contributed by atoms with Crippen molar-refractivity contribution in [2.24, 2.45) is 0 Å². The van der Waals surface area contributed by atoms with Crippen LogP contribution in [0.3, 0.4) is 0 Å². The Hall–Kier alpha value is -3.02. The summed E-state index contributed by atoms with van der Waals surface area (Å²) in [5.41, 5.74) is 1.22. The molecule has 6 nitrogen and oxygen atoms in total. The lowest BCUT2D eigenvalue weighted by Crippen LogP contribution is -2.24. The fourth-order valence-corrected chi connectivity index (χ4v) is 3.08. The predicted molar refractivity (Wildman–Crippen MR) is 93.1 cm³/mol. The molecule has 24 heavy (non-hydrogen) atoms. The molecule has 0 amide bonds. The molecule has 0 unspecified atom stereocenters. The SMILES string of the molecule is c1ccc(Nc2cc([C@H]3CCCN3c3ncccn3)ccn2)nc1. The summed E-state index contributed by atoms with van der Waals surface area (Å²) in [5, 5.41) is 3.25. The van der Waals surface area contributed by atoms with E-state index in [4.69, 9.17) is 0 Å². The van der Waals surface area contributed by atoms with Crippen LogP contribution in [0.25, 0.3) is 0 Å². The van der Waals surface area contributed by atoms with E-state index in [2.05, 4.69) is 42.3 Å². The van der Waals surface area contributed by atoms with Crippen molar-refractivity contribution in [3.8, 4) is 0 Å². The van der Waals surface area contributed by atoms with Gasteiger partial charge in [-0.25, -0.2) is 19.9 Å². The summed E-state index contributed by atoms with van der Waals surface area (Å²) in [7, 11) is 0. The first-order chi connectivity index (χ1) is 11.9. The second-order valence-corrected chi connectivity index (χ2v) is 5.71. The number of hydrogen-bond acceptors (Lipinski definition) is 6. The third-order valence-corrected chi connectivity index (χ3v) is 4.15. The number of aromatic nitrogens is 4. The topological polar surface area (TPSA) is 66.8 Å². The molecule has 1 fully saturated rings. The van der Waals surface area contributed by atoms with Crippen LogP contribution in [-0.4, -0.2) is 26.5 Å². The van der Waals surface area contributed by atoms with Crippen molar-refractivity contribution in [3.05, 3.63) is 66.7 Å². The van der Waals surface area contributed by atoms with Crippen LogP contribution >= 0.6 is 0 Å². The standard InChI is InChI=1S/C18H18N6/c1-2-8-19-16(6-1)23-17-13-14(7-11-20-17)15-5-3-12-24(15)18-21-9-4-10-22-18/h1-2,4,6-11,13,15H,3,5,12H2,(H,19,20,23)/t15-/m1/s1. The van der Waals surface area contributed by atoms with E-state index in [1.165, 1.54) is 5.56 Å². The van der Waals surface area contributed by atoms with Crippen LogP contribution in [0.1, 0.15) is 24.4 Å². The Bertz CT molecular complexity index is 793. The number of hydrogen-bond donors (Lipinski definition) is 1. The van der Waals surface area contributed by atoms with Crippen molar-refractivity contribution in [2.45, 2.75) is 18.9 Å². The minimum Gasteiger partial charge on any atom is -0.334 e. The van der Waals surface area contributed by atoms with Crippen LogP contribution < -0.4 is 10.2 Å². The molecule has 1 atom stereocenters. The van der Waals surface area contributed by atoms with E-state index in [-0.39, 0.29) is 6.04 Å². The highest BCUT2D eigenvalue weighted by atomic mass is 15.3. The lowest BCUT2D eigenvalue weighted by molar-refractivity contribution is 0.701. The Balaban J connectivity index is 1.58. The second kappa shape index (κ2) is 6.62. The summed E-state index contributed by atoms with van der Waals surface area (Å²) in [4.78, 5) is 19.7. The Morgan fingerprint density at radius 1 is 0.875 bits per heavy atom. The Morgan fingerprint density at radius 2 is 1.71 bits per heavy atom. The molecular weight excluding hydrogens is 300 g/mol. The van der Waals surface area contributed by atoms with Gasteiger partial charge in [0.25, 0.3) is 0 Å². The van der Waals surface area contributed by atoms with Gasteiger partial charge in [-0.05, 0) is 48.7 Å². The monoisotopic (exact) mass is 318 g/mol. The molecule has 3 aromatic rings. The summed E-state index contributed by atoms with van der Waals surface area (Å²) in [6, 6.07) is 12.0. The molecule has 0 aliphatic carbocycles. The fraction of sp³-hybridized carbons (Fsp3) is 0.222. The smallest absolute Gasteiger partial charge is 0.225 e. The number of rotatable bonds is 4. The molecule has 1 N–H and O–H groups in total. The maximum Gasteiger partial charge on any atom is 0.225 e. The molecule has 1 aliphatic heterocycles. The highest BCUT2D eigenvalue weighted by Crippen LogP contribution is 2.34. The van der Waals surface area contributed by atoms with Gasteiger partial charge in [0.05, 0.1) is 6.04 Å². The average Bonchev–Trinajstić information content (AvgIpc) is 3.13. The number of pyridine rings is 2. The average molecular weight is 318 g/mol. The molecule has 4 rings (SSSR count). The van der Waals surface area contributed by atoms with Crippen LogP contribution in [0.15, 0.2) is 61.2 Å². The van der Waals surface area contributed by atoms with Gasteiger partial charge in [0.15, 0.2) is 0 Å². The fourth-order valence-electron chi connectivity index (χ4n) is 3.08. The van der Waals surface area contributed by atoms with Gasteiger partial charge in [-0.2, -0.15) is 0 Å². The molecule has 6 heteroatoms. The third-order valence-electron chi connectivity index (χ3n) is 4.15. The summed E-state index contributed by atoms with van der Waals surface area (Å²) >= 11 is 0. The third kappa shape index (κ3) is 3.03. The van der Waals surface area contributed by atoms with Crippen molar-refractivity contribution in [1.29, 1.82) is 0 Å². The number of nitrogens with one attached hydrogen (secondary N) is 1. The normalized spacial score (nSPS) is 17.0. The summed E-state index contributed by atoms with van der Waals surface area (Å²) in [5.74, 6) is 2.37. The Morgan fingerprint density at radius 3 is 2.54 bits per heavy atom. The van der Waals surface area contributed by atoms with Gasteiger partial charge in [-0.1, -0.05) is 6.07 Å². The van der Waals surface area contributed by atoms with Crippen molar-refractivity contribution in [3.63, 3.8) is 0 Å². The zero-order valence-corrected chi connectivity index (χ0v) is 13.2. The molecule has 1 saturated heterocycles. The van der Waals surface area contributed by atoms with Crippen LogP contribution in [0.2, 0.25) is 0 Å². The van der Waals surface area contributed by atoms with E-state index in [9.17, 15) is 0 Å². The molecule has 120 valence electrons. The first kappa shape index (κ1) is 14.6. The van der Waals surface area contributed by atoms with Crippen molar-refractivity contribution in [1.82, 2.24) is 19.9 Å². The first-order valence-electron chi connectivity index (χ1n) is 8.08. The molecule has 1 aliphatic rings. The van der Waals surface area contributed by atoms with Gasteiger partial charge in [-0.15, -0.1) is 0 Å². The predicted octanol–water partition coefficient (Wildman–Crippen LogP) is 3.35. The molecule has 0 bridgehead atoms. The Labute approximate surface area is 140 Å². The second-order valence-electron chi connectivity index (χ2n) is 5.71. The molecule has 3 aromatic heterocycles. The van der Waals surface area contributed by atoms with Gasteiger partial charge in [0.2, 0.25) is 5.95 Å². The largest absolute Gasteiger partial charge is 0.334 e. The zero-order valence-electron chi connectivity index (χ0n) is 13.2. The molecule has 0 radical (unpaired) electrons. The van der Waals surface area contributed by atoms with E-state index in [0.29, 0.717) is 0 Å². The highest BCUT2D eigenvalue weighted by Gasteiger charge is 2.28. The molecule has 0 aromatic carbocycles. The minimum absolute atomic E-state index is 0.277.